The van der Waals surface area contributed by atoms with E-state index in [2.05, 4.69) is 43.8 Å². The van der Waals surface area contributed by atoms with Crippen molar-refractivity contribution in [3.8, 4) is 5.75 Å². The first-order valence-electron chi connectivity index (χ1n) is 24.2. The minimum atomic E-state index is -1.97. The summed E-state index contributed by atoms with van der Waals surface area (Å²) in [6.07, 6.45) is -3.61. The van der Waals surface area contributed by atoms with Crippen LogP contribution < -0.4 is 20.7 Å². The second-order valence-electron chi connectivity index (χ2n) is 20.0. The molecule has 14 atom stereocenters. The Kier molecular flexibility index (Phi) is 15.3. The number of aliphatic carboxylic acids is 1. The molecule has 74 heavy (non-hydrogen) atoms. The van der Waals surface area contributed by atoms with Crippen molar-refractivity contribution in [3.63, 3.8) is 0 Å². The maximum Gasteiger partial charge on any atom is 0.411 e. The van der Waals surface area contributed by atoms with E-state index >= 15 is 0 Å². The van der Waals surface area contributed by atoms with Crippen molar-refractivity contribution < 1.29 is 83.1 Å². The highest BCUT2D eigenvalue weighted by Gasteiger charge is 2.76. The monoisotopic (exact) mass is 1110 g/mol. The Bertz CT molecular complexity index is 2770. The minimum absolute atomic E-state index is 0.0183. The lowest BCUT2D eigenvalue weighted by atomic mass is 9.46. The fraction of sp³-hybridized carbons (Fsp3) is 0.510. The maximum absolute atomic E-state index is 14.0. The first-order valence-corrected chi connectivity index (χ1v) is 26.1. The number of thiazole rings is 1. The standard InChI is InChI=1S/C51H57BrN4O17S/c1-49-12-10-28(58)17-26(49)7-8-29-30-18-36-51(35(60)22-57,50(30,2)19-32(59)40(29)49)73-46(71-36)34-21-54-39(74-34)16-24-4-3-5-27(14-24)55-48(68)69-23-25-6-9-33(31(15-25)56-37(61)11-13-53-38(62)20-52)70-47-43(65)41(63)42(64)44(72-47)45(66)67/h3-6,9-10,12,14-15,17,21,29-30,32,36,40-44,46-47,57,59,63-65H,7-8,11,13,16,18-20,22-23H2,1-2H3,(H,53,62)(H,55,68)(H,56,61)(H,66,67)/t29-,30-,32-,36+,40+,41-,42-,43+,44-,46-,47+,49-,50-,51+/m0/s1. The molecule has 0 bridgehead atoms. The number of aliphatic hydroxyl groups excluding tert-OH is 5. The number of ketones is 2. The molecule has 9 rings (SSSR count). The zero-order chi connectivity index (χ0) is 52.9. The molecule has 9 N–H and O–H groups in total. The number of alkyl halides is 1. The van der Waals surface area contributed by atoms with Gasteiger partial charge in [0.05, 0.1) is 33.1 Å². The lowest BCUT2D eigenvalue weighted by molar-refractivity contribution is -0.271. The van der Waals surface area contributed by atoms with Gasteiger partial charge in [-0.3, -0.25) is 24.5 Å². The van der Waals surface area contributed by atoms with Crippen LogP contribution in [0.2, 0.25) is 0 Å². The van der Waals surface area contributed by atoms with E-state index in [1.807, 2.05) is 19.1 Å². The number of carboxylic acid groups (broad SMARTS) is 1. The molecular weight excluding hydrogens is 1050 g/mol. The number of fused-ring (bicyclic) bond motifs is 7. The van der Waals surface area contributed by atoms with Crippen LogP contribution in [0.5, 0.6) is 5.75 Å². The number of amides is 3. The van der Waals surface area contributed by atoms with Gasteiger partial charge in [-0.25, -0.2) is 14.6 Å². The fourth-order valence-corrected chi connectivity index (χ4v) is 13.4. The molecule has 3 aromatic rings. The lowest BCUT2D eigenvalue weighted by Crippen LogP contribution is -2.63. The van der Waals surface area contributed by atoms with E-state index in [1.54, 1.807) is 36.5 Å². The summed E-state index contributed by atoms with van der Waals surface area (Å²) in [6.45, 7) is 2.97. The number of nitrogens with one attached hydrogen (secondary N) is 3. The second-order valence-corrected chi connectivity index (χ2v) is 21.7. The molecule has 0 unspecified atom stereocenters. The van der Waals surface area contributed by atoms with Gasteiger partial charge < -0.3 is 65.0 Å². The maximum atomic E-state index is 14.0. The van der Waals surface area contributed by atoms with Gasteiger partial charge in [0.25, 0.3) is 0 Å². The van der Waals surface area contributed by atoms with Gasteiger partial charge in [0.2, 0.25) is 18.1 Å². The van der Waals surface area contributed by atoms with Gasteiger partial charge in [-0.05, 0) is 85.1 Å². The van der Waals surface area contributed by atoms with Crippen LogP contribution in [0.15, 0.2) is 72.5 Å². The van der Waals surface area contributed by atoms with Crippen molar-refractivity contribution in [2.24, 2.45) is 28.6 Å². The average Bonchev–Trinajstić information content (AvgIpc) is 4.06. The van der Waals surface area contributed by atoms with E-state index in [9.17, 15) is 59.4 Å². The van der Waals surface area contributed by atoms with E-state index in [-0.39, 0.29) is 72.2 Å². The van der Waals surface area contributed by atoms with Crippen LogP contribution in [0.3, 0.4) is 0 Å². The summed E-state index contributed by atoms with van der Waals surface area (Å²) in [5, 5.41) is 71.4. The minimum Gasteiger partial charge on any atom is -0.479 e. The fourth-order valence-electron chi connectivity index (χ4n) is 12.3. The van der Waals surface area contributed by atoms with Gasteiger partial charge in [0.1, 0.15) is 37.3 Å². The number of allylic oxidation sites excluding steroid dienone is 4. The smallest absolute Gasteiger partial charge is 0.411 e. The van der Waals surface area contributed by atoms with Crippen LogP contribution in [0.1, 0.15) is 73.3 Å². The number of nitrogens with zero attached hydrogens (tertiary/aromatic N) is 1. The Morgan fingerprint density at radius 2 is 1.77 bits per heavy atom. The van der Waals surface area contributed by atoms with Crippen molar-refractivity contribution in [1.82, 2.24) is 10.3 Å². The number of carboxylic acids is 1. The number of hydrogen-bond donors (Lipinski definition) is 9. The molecule has 2 saturated heterocycles. The molecule has 0 spiro atoms. The number of carbonyl (C=O) groups is 6. The molecular formula is C51H57BrN4O17S. The molecule has 21 nitrogen and oxygen atoms in total. The molecule has 0 radical (unpaired) electrons. The molecule has 3 saturated carbocycles. The van der Waals surface area contributed by atoms with Crippen molar-refractivity contribution in [1.29, 1.82) is 0 Å². The zero-order valence-corrected chi connectivity index (χ0v) is 42.6. The molecule has 1 aromatic heterocycles. The topological polar surface area (TPSA) is 319 Å². The summed E-state index contributed by atoms with van der Waals surface area (Å²) in [5.74, 6) is -3.44. The van der Waals surface area contributed by atoms with E-state index in [0.29, 0.717) is 40.4 Å². The van der Waals surface area contributed by atoms with E-state index in [0.717, 1.165) is 17.6 Å². The number of benzene rings is 2. The Balaban J connectivity index is 0.835. The predicted molar refractivity (Wildman–Crippen MR) is 264 cm³/mol. The van der Waals surface area contributed by atoms with Gasteiger partial charge >= 0.3 is 12.1 Å². The molecule has 3 amide bonds. The summed E-state index contributed by atoms with van der Waals surface area (Å²) in [7, 11) is 0. The third kappa shape index (κ3) is 9.94. The van der Waals surface area contributed by atoms with Crippen LogP contribution in [-0.4, -0.2) is 138 Å². The number of ether oxygens (including phenoxy) is 5. The Morgan fingerprint density at radius 1 is 0.973 bits per heavy atom. The normalized spacial score (nSPS) is 33.8. The molecule has 396 valence electrons. The van der Waals surface area contributed by atoms with Crippen molar-refractivity contribution in [3.05, 3.63) is 93.5 Å². The van der Waals surface area contributed by atoms with Crippen LogP contribution >= 0.6 is 27.3 Å². The number of Topliss-reactive ketones (excluding diaryl/α,β-unsaturated/α-hetero) is 1. The largest absolute Gasteiger partial charge is 0.479 e. The first kappa shape index (κ1) is 53.4. The van der Waals surface area contributed by atoms with Gasteiger partial charge in [0.15, 0.2) is 29.6 Å². The van der Waals surface area contributed by atoms with Crippen LogP contribution in [0, 0.1) is 28.6 Å². The van der Waals surface area contributed by atoms with Gasteiger partial charge in [0, 0.05) is 48.0 Å². The molecule has 2 aliphatic heterocycles. The van der Waals surface area contributed by atoms with Crippen molar-refractivity contribution in [2.75, 3.05) is 29.1 Å². The highest BCUT2D eigenvalue weighted by Crippen LogP contribution is 2.70. The third-order valence-corrected chi connectivity index (χ3v) is 17.2. The van der Waals surface area contributed by atoms with Crippen molar-refractivity contribution in [2.45, 2.75) is 114 Å². The Hall–Kier alpha value is -5.47. The van der Waals surface area contributed by atoms with Crippen LogP contribution in [0.4, 0.5) is 16.2 Å². The van der Waals surface area contributed by atoms with Gasteiger partial charge in [-0.15, -0.1) is 11.3 Å². The molecule has 4 aliphatic carbocycles. The number of carbonyl (C=O) groups excluding carboxylic acids is 5. The number of aromatic nitrogens is 1. The summed E-state index contributed by atoms with van der Waals surface area (Å²) in [4.78, 5) is 81.0. The molecule has 2 aromatic carbocycles. The van der Waals surface area contributed by atoms with Gasteiger partial charge in [-0.1, -0.05) is 59.6 Å². The highest BCUT2D eigenvalue weighted by atomic mass is 79.9. The third-order valence-electron chi connectivity index (χ3n) is 15.7. The zero-order valence-electron chi connectivity index (χ0n) is 40.2. The molecule has 5 fully saturated rings. The quantitative estimate of drug-likeness (QED) is 0.0930. The SMILES string of the molecule is C[C@]12C=CC(=O)C=C1CC[C@@H]1[C@@H]2[C@@H](O)C[C@@]2(C)[C@H]1C[C@H]1O[C@H](c3cnc(Cc4cccc(NC(=O)OCc5ccc(O[C@@H]6O[C@H](C(=O)O)[C@@H](O)[C@H](O)[C@H]6O)c(NC(=O)CCNC(=O)CBr)c5)c4)s3)O[C@]12C(=O)CO. The number of aliphatic hydroxyl groups is 5. The molecule has 3 heterocycles. The average molecular weight is 1110 g/mol. The number of rotatable bonds is 16. The highest BCUT2D eigenvalue weighted by molar-refractivity contribution is 9.09. The lowest BCUT2D eigenvalue weighted by Gasteiger charge is -2.59. The molecule has 23 heteroatoms. The number of hydrogen-bond acceptors (Lipinski definition) is 18. The van der Waals surface area contributed by atoms with Crippen LogP contribution in [0.25, 0.3) is 0 Å². The van der Waals surface area contributed by atoms with E-state index in [1.165, 1.54) is 29.5 Å². The summed E-state index contributed by atoms with van der Waals surface area (Å²) < 4.78 is 29.8. The second kappa shape index (κ2) is 21.3. The Morgan fingerprint density at radius 3 is 2.53 bits per heavy atom. The number of halogens is 1. The summed E-state index contributed by atoms with van der Waals surface area (Å²) in [6, 6.07) is 11.2. The van der Waals surface area contributed by atoms with E-state index in [4.69, 9.17) is 23.7 Å². The Labute approximate surface area is 436 Å². The summed E-state index contributed by atoms with van der Waals surface area (Å²) in [5.41, 5.74) is -0.340. The first-order chi connectivity index (χ1) is 35.3. The van der Waals surface area contributed by atoms with Gasteiger partial charge in [-0.2, -0.15) is 0 Å². The predicted octanol–water partition coefficient (Wildman–Crippen LogP) is 3.20. The number of anilines is 2. The van der Waals surface area contributed by atoms with Crippen molar-refractivity contribution >= 4 is 74.1 Å². The van der Waals surface area contributed by atoms with E-state index < -0.39 is 96.0 Å². The van der Waals surface area contributed by atoms with Crippen LogP contribution in [-0.2, 0) is 55.9 Å². The molecule has 6 aliphatic rings. The summed E-state index contributed by atoms with van der Waals surface area (Å²) >= 11 is 4.36.